The van der Waals surface area contributed by atoms with Gasteiger partial charge in [-0.25, -0.2) is 0 Å². The zero-order chi connectivity index (χ0) is 11.1. The van der Waals surface area contributed by atoms with E-state index in [1.807, 2.05) is 0 Å². The number of hydrogen-bond donors (Lipinski definition) is 0. The maximum atomic E-state index is 5.50. The summed E-state index contributed by atoms with van der Waals surface area (Å²) < 4.78 is 16.0. The van der Waals surface area contributed by atoms with Crippen molar-refractivity contribution in [3.8, 4) is 0 Å². The van der Waals surface area contributed by atoms with Crippen LogP contribution in [0.1, 0.15) is 39.5 Å². The fourth-order valence-electron chi connectivity index (χ4n) is 1.41. The van der Waals surface area contributed by atoms with Crippen LogP contribution in [0.4, 0.5) is 0 Å². The summed E-state index contributed by atoms with van der Waals surface area (Å²) in [5.74, 6) is 0. The third kappa shape index (κ3) is 7.06. The maximum absolute atomic E-state index is 5.50. The predicted molar refractivity (Wildman–Crippen MR) is 64.1 cm³/mol. The Balaban J connectivity index is 1.79. The van der Waals surface area contributed by atoms with Gasteiger partial charge in [0.1, 0.15) is 16.6 Å². The Morgan fingerprint density at radius 1 is 1.33 bits per heavy atom. The highest BCUT2D eigenvalue weighted by molar-refractivity contribution is 5.98. The Morgan fingerprint density at radius 2 is 2.07 bits per heavy atom. The largest absolute Gasteiger partial charge is 0.423 e. The summed E-state index contributed by atoms with van der Waals surface area (Å²) in [7, 11) is 0.834. The van der Waals surface area contributed by atoms with Crippen LogP contribution in [0, 0.1) is 0 Å². The van der Waals surface area contributed by atoms with E-state index in [9.17, 15) is 0 Å². The van der Waals surface area contributed by atoms with Crippen LogP contribution in [0.5, 0.6) is 0 Å². The molecule has 0 N–H and O–H groups in total. The highest BCUT2D eigenvalue weighted by atomic mass is 28.2. The first-order chi connectivity index (χ1) is 7.14. The molecule has 0 spiro atoms. The Bertz CT molecular complexity index is 169. The van der Waals surface area contributed by atoms with E-state index in [0.29, 0.717) is 6.10 Å². The van der Waals surface area contributed by atoms with Gasteiger partial charge in [0, 0.05) is 12.2 Å². The third-order valence-electron chi connectivity index (χ3n) is 2.83. The van der Waals surface area contributed by atoms with Crippen molar-refractivity contribution in [3.05, 3.63) is 0 Å². The monoisotopic (exact) mass is 232 g/mol. The quantitative estimate of drug-likeness (QED) is 0.338. The molecule has 15 heavy (non-hydrogen) atoms. The molecular formula is C11H24O3Si. The van der Waals surface area contributed by atoms with Crippen LogP contribution in [0.2, 0.25) is 0 Å². The Morgan fingerprint density at radius 3 is 2.67 bits per heavy atom. The lowest BCUT2D eigenvalue weighted by molar-refractivity contribution is 0.0995. The molecule has 1 atom stereocenters. The van der Waals surface area contributed by atoms with Gasteiger partial charge in [0.2, 0.25) is 0 Å². The summed E-state index contributed by atoms with van der Waals surface area (Å²) in [6.07, 6.45) is 5.19. The highest BCUT2D eigenvalue weighted by Gasteiger charge is 2.21. The molecule has 3 nitrogen and oxygen atoms in total. The Kier molecular flexibility index (Phi) is 5.82. The van der Waals surface area contributed by atoms with Crippen LogP contribution in [-0.4, -0.2) is 42.0 Å². The summed E-state index contributed by atoms with van der Waals surface area (Å²) in [4.78, 5) is 0. The summed E-state index contributed by atoms with van der Waals surface area (Å²) >= 11 is 0. The molecule has 1 heterocycles. The van der Waals surface area contributed by atoms with Crippen LogP contribution in [-0.2, 0) is 13.9 Å². The van der Waals surface area contributed by atoms with Gasteiger partial charge in [0.05, 0.1) is 13.2 Å². The molecule has 0 aromatic carbocycles. The van der Waals surface area contributed by atoms with Crippen LogP contribution < -0.4 is 0 Å². The molecule has 0 aromatic rings. The molecule has 0 aromatic heterocycles. The van der Waals surface area contributed by atoms with Gasteiger partial charge in [-0.3, -0.25) is 0 Å². The van der Waals surface area contributed by atoms with E-state index in [1.54, 1.807) is 0 Å². The molecule has 0 saturated carbocycles. The number of unbranched alkanes of at least 4 members (excludes halogenated alkanes) is 2. The Labute approximate surface area is 96.0 Å². The van der Waals surface area contributed by atoms with Gasteiger partial charge in [-0.15, -0.1) is 0 Å². The van der Waals surface area contributed by atoms with E-state index in [1.165, 1.54) is 12.8 Å². The zero-order valence-electron chi connectivity index (χ0n) is 10.3. The lowest BCUT2D eigenvalue weighted by Gasteiger charge is -2.23. The van der Waals surface area contributed by atoms with Gasteiger partial charge >= 0.3 is 0 Å². The second kappa shape index (κ2) is 6.63. The highest BCUT2D eigenvalue weighted by Crippen LogP contribution is 2.17. The molecule has 0 amide bonds. The maximum Gasteiger partial charge on any atom is 0.146 e. The summed E-state index contributed by atoms with van der Waals surface area (Å²) in [5.41, 5.74) is 0.0922. The van der Waals surface area contributed by atoms with Crippen molar-refractivity contribution in [1.29, 1.82) is 0 Å². The molecular weight excluding hydrogens is 208 g/mol. The van der Waals surface area contributed by atoms with E-state index in [4.69, 9.17) is 13.9 Å². The molecule has 1 aliphatic rings. The lowest BCUT2D eigenvalue weighted by atomic mass is 10.0. The standard InChI is InChI=1S/C11H24O3Si/c1-11(2,14-15)6-4-3-5-7-12-8-10-9-13-10/h10H,3-9H2,1-2,15H3. The number of epoxide rings is 1. The zero-order valence-corrected chi connectivity index (χ0v) is 12.3. The van der Waals surface area contributed by atoms with Crippen molar-refractivity contribution in [3.63, 3.8) is 0 Å². The van der Waals surface area contributed by atoms with E-state index in [2.05, 4.69) is 13.8 Å². The van der Waals surface area contributed by atoms with Crippen molar-refractivity contribution in [2.24, 2.45) is 0 Å². The van der Waals surface area contributed by atoms with Crippen molar-refractivity contribution in [2.75, 3.05) is 19.8 Å². The molecule has 0 bridgehead atoms. The summed E-state index contributed by atoms with van der Waals surface area (Å²) in [6.45, 7) is 6.89. The van der Waals surface area contributed by atoms with Gasteiger partial charge in [-0.05, 0) is 26.7 Å². The predicted octanol–water partition coefficient (Wildman–Crippen LogP) is 1.04. The second-order valence-corrected chi connectivity index (χ2v) is 5.21. The lowest BCUT2D eigenvalue weighted by Crippen LogP contribution is -2.22. The van der Waals surface area contributed by atoms with Crippen LogP contribution in [0.3, 0.4) is 0 Å². The molecule has 1 fully saturated rings. The van der Waals surface area contributed by atoms with E-state index >= 15 is 0 Å². The summed E-state index contributed by atoms with van der Waals surface area (Å²) in [5, 5.41) is 0. The topological polar surface area (TPSA) is 31.0 Å². The average Bonchev–Trinajstić information content (AvgIpc) is 3.00. The van der Waals surface area contributed by atoms with Gasteiger partial charge in [-0.2, -0.15) is 0 Å². The van der Waals surface area contributed by atoms with Crippen molar-refractivity contribution < 1.29 is 13.9 Å². The molecule has 1 aliphatic heterocycles. The SMILES string of the molecule is CC(C)(CCCCCOCC1CO1)O[SiH3]. The van der Waals surface area contributed by atoms with Crippen molar-refractivity contribution >= 4 is 10.5 Å². The molecule has 0 aliphatic carbocycles. The molecule has 1 saturated heterocycles. The normalized spacial score (nSPS) is 20.8. The first-order valence-electron chi connectivity index (χ1n) is 5.88. The molecule has 90 valence electrons. The second-order valence-electron chi connectivity index (χ2n) is 4.80. The van der Waals surface area contributed by atoms with Gasteiger partial charge < -0.3 is 13.9 Å². The minimum atomic E-state index is 0.0922. The first-order valence-corrected chi connectivity index (χ1v) is 6.70. The molecule has 4 heteroatoms. The summed E-state index contributed by atoms with van der Waals surface area (Å²) in [6, 6.07) is 0. The Hall–Kier alpha value is 0.0969. The van der Waals surface area contributed by atoms with E-state index < -0.39 is 0 Å². The fourth-order valence-corrected chi connectivity index (χ4v) is 1.62. The first kappa shape index (κ1) is 13.2. The smallest absolute Gasteiger partial charge is 0.146 e. The van der Waals surface area contributed by atoms with Crippen LogP contribution in [0.15, 0.2) is 0 Å². The molecule has 0 radical (unpaired) electrons. The van der Waals surface area contributed by atoms with Gasteiger partial charge in [-0.1, -0.05) is 12.8 Å². The minimum absolute atomic E-state index is 0.0922. The van der Waals surface area contributed by atoms with Crippen LogP contribution in [0.25, 0.3) is 0 Å². The van der Waals surface area contributed by atoms with Crippen LogP contribution >= 0.6 is 0 Å². The number of hydrogen-bond acceptors (Lipinski definition) is 3. The molecule has 1 unspecified atom stereocenters. The van der Waals surface area contributed by atoms with Gasteiger partial charge in [0.25, 0.3) is 0 Å². The minimum Gasteiger partial charge on any atom is -0.423 e. The van der Waals surface area contributed by atoms with E-state index in [0.717, 1.165) is 43.1 Å². The average molecular weight is 232 g/mol. The van der Waals surface area contributed by atoms with Crippen molar-refractivity contribution in [2.45, 2.75) is 51.2 Å². The van der Waals surface area contributed by atoms with E-state index in [-0.39, 0.29) is 5.60 Å². The number of rotatable bonds is 9. The number of ether oxygens (including phenoxy) is 2. The molecule has 1 rings (SSSR count). The van der Waals surface area contributed by atoms with Gasteiger partial charge in [0.15, 0.2) is 0 Å². The fraction of sp³-hybridized carbons (Fsp3) is 1.00. The third-order valence-corrected chi connectivity index (χ3v) is 3.93. The van der Waals surface area contributed by atoms with Crippen molar-refractivity contribution in [1.82, 2.24) is 0 Å².